The molecule has 1 heterocycles. The summed E-state index contributed by atoms with van der Waals surface area (Å²) >= 11 is 3.46. The van der Waals surface area contributed by atoms with Crippen LogP contribution >= 0.6 is 15.9 Å². The van der Waals surface area contributed by atoms with Gasteiger partial charge in [-0.15, -0.1) is 0 Å². The predicted molar refractivity (Wildman–Crippen MR) is 157 cm³/mol. The molecule has 8 nitrogen and oxygen atoms in total. The standard InChI is InChI=1S/C30H33BrN4O4/c1-38-18-17-35(30(37)33-27-13-7-5-11-25(27)31)21-29(36)34(20-23-9-3-8-14-28(23)39-2)16-15-22-19-32-26-12-6-4-10-24(22)26/h3-14,19,32H,15-18,20-21H2,1-2H3,(H,33,37). The van der Waals surface area contributed by atoms with Crippen LogP contribution in [0.1, 0.15) is 11.1 Å². The summed E-state index contributed by atoms with van der Waals surface area (Å²) in [5.74, 6) is 0.546. The molecular formula is C30H33BrN4O4. The fourth-order valence-electron chi connectivity index (χ4n) is 4.40. The molecule has 0 fully saturated rings. The first-order valence-electron chi connectivity index (χ1n) is 12.7. The number of hydrogen-bond acceptors (Lipinski definition) is 4. The molecule has 1 aromatic heterocycles. The summed E-state index contributed by atoms with van der Waals surface area (Å²) in [6.45, 7) is 1.31. The molecule has 4 rings (SSSR count). The number of hydrogen-bond donors (Lipinski definition) is 2. The first-order chi connectivity index (χ1) is 19.0. The van der Waals surface area contributed by atoms with Gasteiger partial charge < -0.3 is 29.6 Å². The van der Waals surface area contributed by atoms with Gasteiger partial charge in [-0.3, -0.25) is 4.79 Å². The number of carbonyl (C=O) groups excluding carboxylic acids is 2. The van der Waals surface area contributed by atoms with Crippen molar-refractivity contribution >= 4 is 44.5 Å². The van der Waals surface area contributed by atoms with E-state index in [2.05, 4.69) is 32.3 Å². The molecule has 4 aromatic rings. The summed E-state index contributed by atoms with van der Waals surface area (Å²) in [6.07, 6.45) is 2.65. The molecule has 0 atom stereocenters. The Balaban J connectivity index is 1.54. The number of nitrogens with one attached hydrogen (secondary N) is 2. The first-order valence-corrected chi connectivity index (χ1v) is 13.5. The summed E-state index contributed by atoms with van der Waals surface area (Å²) in [5.41, 5.74) is 3.71. The molecule has 0 aliphatic rings. The number of H-pyrrole nitrogens is 1. The van der Waals surface area contributed by atoms with E-state index < -0.39 is 0 Å². The second kappa shape index (κ2) is 13.8. The Morgan fingerprint density at radius 1 is 0.897 bits per heavy atom. The van der Waals surface area contributed by atoms with E-state index in [-0.39, 0.29) is 25.0 Å². The smallest absolute Gasteiger partial charge is 0.322 e. The highest BCUT2D eigenvalue weighted by Gasteiger charge is 2.23. The zero-order valence-corrected chi connectivity index (χ0v) is 23.7. The molecule has 0 spiro atoms. The number of anilines is 1. The summed E-state index contributed by atoms with van der Waals surface area (Å²) < 4.78 is 11.5. The highest BCUT2D eigenvalue weighted by atomic mass is 79.9. The number of amides is 3. The fourth-order valence-corrected chi connectivity index (χ4v) is 4.78. The molecule has 0 saturated heterocycles. The highest BCUT2D eigenvalue weighted by Crippen LogP contribution is 2.23. The highest BCUT2D eigenvalue weighted by molar-refractivity contribution is 9.10. The summed E-state index contributed by atoms with van der Waals surface area (Å²) in [7, 11) is 3.19. The van der Waals surface area contributed by atoms with Crippen LogP contribution in [0, 0.1) is 0 Å². The van der Waals surface area contributed by atoms with E-state index in [0.29, 0.717) is 37.6 Å². The van der Waals surface area contributed by atoms with Crippen molar-refractivity contribution in [2.75, 3.05) is 45.8 Å². The third kappa shape index (κ3) is 7.40. The summed E-state index contributed by atoms with van der Waals surface area (Å²) in [5, 5.41) is 4.03. The lowest BCUT2D eigenvalue weighted by Crippen LogP contribution is -2.46. The molecule has 0 bridgehead atoms. The predicted octanol–water partition coefficient (Wildman–Crippen LogP) is 5.69. The average Bonchev–Trinajstić information content (AvgIpc) is 3.37. The maximum absolute atomic E-state index is 13.8. The minimum Gasteiger partial charge on any atom is -0.496 e. The Hall–Kier alpha value is -3.82. The molecule has 9 heteroatoms. The Morgan fingerprint density at radius 3 is 2.44 bits per heavy atom. The van der Waals surface area contributed by atoms with Crippen molar-refractivity contribution < 1.29 is 19.1 Å². The third-order valence-corrected chi connectivity index (χ3v) is 7.22. The van der Waals surface area contributed by atoms with Crippen LogP contribution in [0.5, 0.6) is 5.75 Å². The van der Waals surface area contributed by atoms with E-state index >= 15 is 0 Å². The summed E-state index contributed by atoms with van der Waals surface area (Å²) in [6, 6.07) is 22.8. The van der Waals surface area contributed by atoms with Gasteiger partial charge in [0.05, 0.1) is 19.4 Å². The summed E-state index contributed by atoms with van der Waals surface area (Å²) in [4.78, 5) is 33.6. The molecule has 204 valence electrons. The van der Waals surface area contributed by atoms with E-state index in [9.17, 15) is 9.59 Å². The lowest BCUT2D eigenvalue weighted by atomic mass is 10.1. The maximum atomic E-state index is 13.8. The van der Waals surface area contributed by atoms with Crippen molar-refractivity contribution in [3.05, 3.63) is 94.6 Å². The van der Waals surface area contributed by atoms with Gasteiger partial charge in [-0.05, 0) is 52.2 Å². The molecule has 39 heavy (non-hydrogen) atoms. The molecule has 2 N–H and O–H groups in total. The van der Waals surface area contributed by atoms with Gasteiger partial charge in [0.1, 0.15) is 12.3 Å². The van der Waals surface area contributed by atoms with Gasteiger partial charge in [0.2, 0.25) is 5.91 Å². The van der Waals surface area contributed by atoms with Gasteiger partial charge >= 0.3 is 6.03 Å². The van der Waals surface area contributed by atoms with E-state index in [1.807, 2.05) is 66.9 Å². The SMILES string of the molecule is COCCN(CC(=O)N(CCc1c[nH]c2ccccc12)Cc1ccccc1OC)C(=O)Nc1ccccc1Br. The maximum Gasteiger partial charge on any atom is 0.322 e. The molecular weight excluding hydrogens is 560 g/mol. The van der Waals surface area contributed by atoms with Gasteiger partial charge in [-0.2, -0.15) is 0 Å². The van der Waals surface area contributed by atoms with Crippen LogP contribution in [-0.4, -0.2) is 67.2 Å². The van der Waals surface area contributed by atoms with Crippen LogP contribution in [0.4, 0.5) is 10.5 Å². The lowest BCUT2D eigenvalue weighted by molar-refractivity contribution is -0.132. The van der Waals surface area contributed by atoms with E-state index in [1.165, 1.54) is 4.90 Å². The van der Waals surface area contributed by atoms with Crippen molar-refractivity contribution in [1.82, 2.24) is 14.8 Å². The molecule has 0 saturated carbocycles. The van der Waals surface area contributed by atoms with Crippen LogP contribution in [0.15, 0.2) is 83.5 Å². The lowest BCUT2D eigenvalue weighted by Gasteiger charge is -2.28. The van der Waals surface area contributed by atoms with Crippen molar-refractivity contribution in [2.45, 2.75) is 13.0 Å². The molecule has 0 radical (unpaired) electrons. The number of ether oxygens (including phenoxy) is 2. The quantitative estimate of drug-likeness (QED) is 0.221. The van der Waals surface area contributed by atoms with Crippen LogP contribution < -0.4 is 10.1 Å². The molecule has 0 aliphatic heterocycles. The van der Waals surface area contributed by atoms with Crippen LogP contribution in [0.25, 0.3) is 10.9 Å². The van der Waals surface area contributed by atoms with Crippen molar-refractivity contribution in [2.24, 2.45) is 0 Å². The Morgan fingerprint density at radius 2 is 1.64 bits per heavy atom. The third-order valence-electron chi connectivity index (χ3n) is 6.53. The number of halogens is 1. The molecule has 3 aromatic carbocycles. The average molecular weight is 594 g/mol. The monoisotopic (exact) mass is 592 g/mol. The number of aromatic amines is 1. The van der Waals surface area contributed by atoms with E-state index in [0.717, 1.165) is 26.5 Å². The number of fused-ring (bicyclic) bond motifs is 1. The van der Waals surface area contributed by atoms with E-state index in [1.54, 1.807) is 25.2 Å². The molecule has 0 unspecified atom stereocenters. The number of para-hydroxylation sites is 3. The Labute approximate surface area is 237 Å². The number of methoxy groups -OCH3 is 2. The van der Waals surface area contributed by atoms with Gasteiger partial charge in [0, 0.05) is 53.9 Å². The van der Waals surface area contributed by atoms with E-state index in [4.69, 9.17) is 9.47 Å². The minimum absolute atomic E-state index is 0.0946. The van der Waals surface area contributed by atoms with Gasteiger partial charge in [0.15, 0.2) is 0 Å². The van der Waals surface area contributed by atoms with Crippen LogP contribution in [0.2, 0.25) is 0 Å². The van der Waals surface area contributed by atoms with Crippen molar-refractivity contribution in [3.63, 3.8) is 0 Å². The fraction of sp³-hybridized carbons (Fsp3) is 0.267. The van der Waals surface area contributed by atoms with Gasteiger partial charge in [-0.1, -0.05) is 48.5 Å². The van der Waals surface area contributed by atoms with Gasteiger partial charge in [0.25, 0.3) is 0 Å². The Bertz CT molecular complexity index is 1410. The number of rotatable bonds is 12. The largest absolute Gasteiger partial charge is 0.496 e. The molecule has 3 amide bonds. The number of benzene rings is 3. The van der Waals surface area contributed by atoms with Crippen LogP contribution in [0.3, 0.4) is 0 Å². The second-order valence-electron chi connectivity index (χ2n) is 9.06. The number of aromatic nitrogens is 1. The zero-order valence-electron chi connectivity index (χ0n) is 22.2. The zero-order chi connectivity index (χ0) is 27.6. The number of carbonyl (C=O) groups is 2. The molecule has 0 aliphatic carbocycles. The number of urea groups is 1. The van der Waals surface area contributed by atoms with Crippen molar-refractivity contribution in [1.29, 1.82) is 0 Å². The van der Waals surface area contributed by atoms with Crippen molar-refractivity contribution in [3.8, 4) is 5.75 Å². The topological polar surface area (TPSA) is 86.9 Å². The number of nitrogens with zero attached hydrogens (tertiary/aromatic N) is 2. The first kappa shape index (κ1) is 28.2. The minimum atomic E-state index is -0.374. The van der Waals surface area contributed by atoms with Crippen LogP contribution in [-0.2, 0) is 22.5 Å². The second-order valence-corrected chi connectivity index (χ2v) is 9.92. The normalized spacial score (nSPS) is 10.8. The Kier molecular flexibility index (Phi) is 9.99. The van der Waals surface area contributed by atoms with Gasteiger partial charge in [-0.25, -0.2) is 4.79 Å².